The van der Waals surface area contributed by atoms with Crippen LogP contribution in [0.4, 0.5) is 0 Å². The third kappa shape index (κ3) is 3.39. The van der Waals surface area contributed by atoms with E-state index in [4.69, 9.17) is 4.74 Å². The van der Waals surface area contributed by atoms with E-state index in [-0.39, 0.29) is 0 Å². The molecule has 20 heavy (non-hydrogen) atoms. The summed E-state index contributed by atoms with van der Waals surface area (Å²) in [4.78, 5) is 0. The summed E-state index contributed by atoms with van der Waals surface area (Å²) in [7, 11) is 1.71. The van der Waals surface area contributed by atoms with Crippen LogP contribution in [-0.2, 0) is 13.1 Å². The van der Waals surface area contributed by atoms with E-state index in [1.54, 1.807) is 7.11 Å². The minimum Gasteiger partial charge on any atom is -0.496 e. The van der Waals surface area contributed by atoms with E-state index < -0.39 is 0 Å². The quantitative estimate of drug-likeness (QED) is 0.879. The molecule has 2 rings (SSSR count). The van der Waals surface area contributed by atoms with Gasteiger partial charge in [-0.2, -0.15) is 5.10 Å². The molecule has 4 nitrogen and oxygen atoms in total. The number of nitrogens with zero attached hydrogens (tertiary/aromatic N) is 2. The normalized spacial score (nSPS) is 11.1. The van der Waals surface area contributed by atoms with Crippen molar-refractivity contribution in [3.05, 3.63) is 36.2 Å². The molecular weight excluding hydrogens is 250 g/mol. The van der Waals surface area contributed by atoms with Gasteiger partial charge in [0, 0.05) is 36.5 Å². The van der Waals surface area contributed by atoms with Crippen molar-refractivity contribution >= 4 is 0 Å². The molecule has 2 aromatic rings. The Morgan fingerprint density at radius 1 is 1.30 bits per heavy atom. The van der Waals surface area contributed by atoms with Gasteiger partial charge in [-0.15, -0.1) is 0 Å². The number of benzene rings is 1. The maximum Gasteiger partial charge on any atom is 0.123 e. The smallest absolute Gasteiger partial charge is 0.123 e. The van der Waals surface area contributed by atoms with Crippen LogP contribution in [0.15, 0.2) is 30.6 Å². The van der Waals surface area contributed by atoms with Crippen molar-refractivity contribution in [2.75, 3.05) is 7.11 Å². The van der Waals surface area contributed by atoms with Crippen LogP contribution in [-0.4, -0.2) is 22.9 Å². The van der Waals surface area contributed by atoms with Crippen LogP contribution < -0.4 is 10.1 Å². The lowest BCUT2D eigenvalue weighted by Gasteiger charge is -2.13. The lowest BCUT2D eigenvalue weighted by atomic mass is 10.0. The largest absolute Gasteiger partial charge is 0.496 e. The number of nitrogens with one attached hydrogen (secondary N) is 1. The third-order valence-corrected chi connectivity index (χ3v) is 3.27. The Balaban J connectivity index is 2.28. The lowest BCUT2D eigenvalue weighted by Crippen LogP contribution is -2.22. The molecule has 0 saturated carbocycles. The second-order valence-electron chi connectivity index (χ2n) is 5.15. The maximum absolute atomic E-state index is 5.43. The molecule has 0 amide bonds. The van der Waals surface area contributed by atoms with E-state index in [0.717, 1.165) is 24.4 Å². The minimum atomic E-state index is 0.450. The Labute approximate surface area is 120 Å². The number of aromatic nitrogens is 2. The van der Waals surface area contributed by atoms with Gasteiger partial charge in [0.1, 0.15) is 5.75 Å². The highest BCUT2D eigenvalue weighted by Gasteiger charge is 2.08. The molecule has 0 bridgehead atoms. The minimum absolute atomic E-state index is 0.450. The van der Waals surface area contributed by atoms with Crippen molar-refractivity contribution in [3.63, 3.8) is 0 Å². The average molecular weight is 273 g/mol. The van der Waals surface area contributed by atoms with Crippen molar-refractivity contribution in [1.82, 2.24) is 15.1 Å². The monoisotopic (exact) mass is 273 g/mol. The zero-order valence-electron chi connectivity index (χ0n) is 12.7. The molecule has 0 aliphatic heterocycles. The molecule has 0 saturated heterocycles. The highest BCUT2D eigenvalue weighted by Crippen LogP contribution is 2.26. The van der Waals surface area contributed by atoms with Crippen molar-refractivity contribution in [2.24, 2.45) is 0 Å². The number of methoxy groups -OCH3 is 1. The highest BCUT2D eigenvalue weighted by molar-refractivity contribution is 5.64. The van der Waals surface area contributed by atoms with Gasteiger partial charge in [0.05, 0.1) is 13.3 Å². The summed E-state index contributed by atoms with van der Waals surface area (Å²) in [6.07, 6.45) is 3.98. The molecule has 0 radical (unpaired) electrons. The Kier molecular flexibility index (Phi) is 4.79. The van der Waals surface area contributed by atoms with Crippen molar-refractivity contribution in [3.8, 4) is 16.9 Å². The molecule has 0 aliphatic rings. The predicted molar refractivity (Wildman–Crippen MR) is 81.9 cm³/mol. The van der Waals surface area contributed by atoms with E-state index >= 15 is 0 Å². The van der Waals surface area contributed by atoms with Crippen molar-refractivity contribution < 1.29 is 4.74 Å². The van der Waals surface area contributed by atoms with Crippen LogP contribution in [0.5, 0.6) is 5.75 Å². The molecule has 0 spiro atoms. The van der Waals surface area contributed by atoms with E-state index in [0.29, 0.717) is 6.04 Å². The first-order chi connectivity index (χ1) is 9.63. The zero-order valence-corrected chi connectivity index (χ0v) is 12.7. The van der Waals surface area contributed by atoms with E-state index in [1.165, 1.54) is 11.1 Å². The Morgan fingerprint density at radius 2 is 2.10 bits per heavy atom. The topological polar surface area (TPSA) is 39.1 Å². The fourth-order valence-electron chi connectivity index (χ4n) is 2.10. The van der Waals surface area contributed by atoms with Crippen molar-refractivity contribution in [2.45, 2.75) is 39.9 Å². The van der Waals surface area contributed by atoms with Crippen LogP contribution in [0.25, 0.3) is 11.1 Å². The average Bonchev–Trinajstić information content (AvgIpc) is 2.93. The maximum atomic E-state index is 5.43. The predicted octanol–water partition coefficient (Wildman–Crippen LogP) is 3.08. The van der Waals surface area contributed by atoms with Crippen LogP contribution in [0.1, 0.15) is 26.3 Å². The summed E-state index contributed by atoms with van der Waals surface area (Å²) in [6, 6.07) is 6.72. The fraction of sp³-hybridized carbons (Fsp3) is 0.438. The summed E-state index contributed by atoms with van der Waals surface area (Å²) in [6.45, 7) is 8.06. The van der Waals surface area contributed by atoms with E-state index in [1.807, 2.05) is 16.9 Å². The standard InChI is InChI=1S/C16H23N3O/c1-5-19-11-15(10-18-19)13-6-7-16(20-4)14(8-13)9-17-12(2)3/h6-8,10-12,17H,5,9H2,1-4H3. The van der Waals surface area contributed by atoms with Crippen LogP contribution in [0.2, 0.25) is 0 Å². The van der Waals surface area contributed by atoms with Gasteiger partial charge in [-0.3, -0.25) is 4.68 Å². The van der Waals surface area contributed by atoms with Crippen molar-refractivity contribution in [1.29, 1.82) is 0 Å². The molecule has 0 fully saturated rings. The second kappa shape index (κ2) is 6.57. The van der Waals surface area contributed by atoms with Gasteiger partial charge in [-0.05, 0) is 24.6 Å². The number of ether oxygens (including phenoxy) is 1. The highest BCUT2D eigenvalue weighted by atomic mass is 16.5. The molecule has 108 valence electrons. The van der Waals surface area contributed by atoms with Gasteiger partial charge in [0.15, 0.2) is 0 Å². The van der Waals surface area contributed by atoms with Gasteiger partial charge in [0.25, 0.3) is 0 Å². The van der Waals surface area contributed by atoms with Crippen LogP contribution >= 0.6 is 0 Å². The molecule has 1 aromatic carbocycles. The molecular formula is C16H23N3O. The summed E-state index contributed by atoms with van der Waals surface area (Å²) < 4.78 is 7.37. The van der Waals surface area contributed by atoms with Crippen LogP contribution in [0.3, 0.4) is 0 Å². The Bertz CT molecular complexity index is 561. The van der Waals surface area contributed by atoms with Gasteiger partial charge < -0.3 is 10.1 Å². The summed E-state index contributed by atoms with van der Waals surface area (Å²) in [5, 5.41) is 7.76. The molecule has 1 heterocycles. The first-order valence-corrected chi connectivity index (χ1v) is 7.07. The van der Waals surface area contributed by atoms with Crippen LogP contribution in [0, 0.1) is 0 Å². The van der Waals surface area contributed by atoms with Gasteiger partial charge >= 0.3 is 0 Å². The number of hydrogen-bond donors (Lipinski definition) is 1. The van der Waals surface area contributed by atoms with E-state index in [9.17, 15) is 0 Å². The molecule has 0 atom stereocenters. The first-order valence-electron chi connectivity index (χ1n) is 7.07. The zero-order chi connectivity index (χ0) is 14.5. The molecule has 0 unspecified atom stereocenters. The third-order valence-electron chi connectivity index (χ3n) is 3.27. The fourth-order valence-corrected chi connectivity index (χ4v) is 2.10. The SMILES string of the molecule is CCn1cc(-c2ccc(OC)c(CNC(C)C)c2)cn1. The summed E-state index contributed by atoms with van der Waals surface area (Å²) >= 11 is 0. The molecule has 0 aliphatic carbocycles. The van der Waals surface area contributed by atoms with Gasteiger partial charge in [-0.1, -0.05) is 19.9 Å². The Hall–Kier alpha value is -1.81. The molecule has 4 heteroatoms. The second-order valence-corrected chi connectivity index (χ2v) is 5.15. The van der Waals surface area contributed by atoms with Gasteiger partial charge in [-0.25, -0.2) is 0 Å². The number of aryl methyl sites for hydroxylation is 1. The molecule has 1 aromatic heterocycles. The number of hydrogen-bond acceptors (Lipinski definition) is 3. The summed E-state index contributed by atoms with van der Waals surface area (Å²) in [5.41, 5.74) is 3.48. The van der Waals surface area contributed by atoms with Gasteiger partial charge in [0.2, 0.25) is 0 Å². The first kappa shape index (κ1) is 14.6. The lowest BCUT2D eigenvalue weighted by molar-refractivity contribution is 0.406. The molecule has 1 N–H and O–H groups in total. The Morgan fingerprint density at radius 3 is 2.70 bits per heavy atom. The number of rotatable bonds is 6. The summed E-state index contributed by atoms with van der Waals surface area (Å²) in [5.74, 6) is 0.921. The van der Waals surface area contributed by atoms with E-state index in [2.05, 4.69) is 49.5 Å².